The molecule has 0 aliphatic carbocycles. The minimum atomic E-state index is -3.51. The van der Waals surface area contributed by atoms with Crippen LogP contribution >= 0.6 is 23.1 Å². The van der Waals surface area contributed by atoms with E-state index in [1.807, 2.05) is 0 Å². The molecule has 3 rings (SSSR count). The summed E-state index contributed by atoms with van der Waals surface area (Å²) in [6, 6.07) is 6.40. The molecular formula is C15H18N4O3S3. The second-order valence-electron chi connectivity index (χ2n) is 5.53. The van der Waals surface area contributed by atoms with Crippen LogP contribution in [0.25, 0.3) is 0 Å². The molecule has 1 aromatic carbocycles. The van der Waals surface area contributed by atoms with Gasteiger partial charge < -0.3 is 5.32 Å². The summed E-state index contributed by atoms with van der Waals surface area (Å²) >= 11 is 2.66. The normalized spacial score (nSPS) is 15.8. The number of anilines is 1. The molecule has 1 aliphatic heterocycles. The maximum absolute atomic E-state index is 12.7. The lowest BCUT2D eigenvalue weighted by atomic mass is 10.2. The van der Waals surface area contributed by atoms with Crippen molar-refractivity contribution in [1.82, 2.24) is 14.5 Å². The Hall–Kier alpha value is -1.49. The van der Waals surface area contributed by atoms with Gasteiger partial charge in [0.05, 0.1) is 10.6 Å². The number of sulfonamides is 1. The minimum absolute atomic E-state index is 0.193. The number of aromatic nitrogens is 2. The lowest BCUT2D eigenvalue weighted by Gasteiger charge is -2.26. The third-order valence-electron chi connectivity index (χ3n) is 3.74. The van der Waals surface area contributed by atoms with E-state index in [1.54, 1.807) is 23.7 Å². The summed E-state index contributed by atoms with van der Waals surface area (Å²) in [6.07, 6.45) is 2.84. The molecule has 0 atom stereocenters. The van der Waals surface area contributed by atoms with Crippen LogP contribution in [0.15, 0.2) is 39.0 Å². The first-order valence-corrected chi connectivity index (χ1v) is 11.2. The molecule has 1 aromatic heterocycles. The Bertz CT molecular complexity index is 818. The van der Waals surface area contributed by atoms with Crippen molar-refractivity contribution in [2.45, 2.75) is 28.5 Å². The molecule has 7 nitrogen and oxygen atoms in total. The van der Waals surface area contributed by atoms with Crippen LogP contribution in [0.3, 0.4) is 0 Å². The van der Waals surface area contributed by atoms with Crippen molar-refractivity contribution in [2.75, 3.05) is 24.2 Å². The molecule has 0 radical (unpaired) electrons. The Balaban J connectivity index is 1.65. The van der Waals surface area contributed by atoms with E-state index in [-0.39, 0.29) is 16.6 Å². The Kier molecular flexibility index (Phi) is 6.05. The number of thioether (sulfide) groups is 1. The van der Waals surface area contributed by atoms with E-state index in [4.69, 9.17) is 0 Å². The summed E-state index contributed by atoms with van der Waals surface area (Å²) in [4.78, 5) is 12.2. The molecule has 1 amide bonds. The first-order valence-electron chi connectivity index (χ1n) is 7.85. The Labute approximate surface area is 154 Å². The smallest absolute Gasteiger partial charge is 0.243 e. The topological polar surface area (TPSA) is 92.3 Å². The summed E-state index contributed by atoms with van der Waals surface area (Å²) in [5, 5.41) is 10.3. The molecule has 1 saturated heterocycles. The van der Waals surface area contributed by atoms with Gasteiger partial charge in [0.1, 0.15) is 5.51 Å². The van der Waals surface area contributed by atoms with Gasteiger partial charge in [-0.15, -0.1) is 10.2 Å². The van der Waals surface area contributed by atoms with Gasteiger partial charge in [0, 0.05) is 18.8 Å². The lowest BCUT2D eigenvalue weighted by molar-refractivity contribution is -0.113. The number of piperidine rings is 1. The Morgan fingerprint density at radius 1 is 1.28 bits per heavy atom. The Morgan fingerprint density at radius 2 is 2.08 bits per heavy atom. The van der Waals surface area contributed by atoms with Crippen molar-refractivity contribution in [3.8, 4) is 0 Å². The monoisotopic (exact) mass is 398 g/mol. The number of rotatable bonds is 6. The summed E-state index contributed by atoms with van der Waals surface area (Å²) in [6.45, 7) is 1.11. The van der Waals surface area contributed by atoms with Gasteiger partial charge in [0.15, 0.2) is 4.34 Å². The van der Waals surface area contributed by atoms with Gasteiger partial charge >= 0.3 is 0 Å². The van der Waals surface area contributed by atoms with Crippen LogP contribution < -0.4 is 5.32 Å². The number of nitrogens with one attached hydrogen (secondary N) is 1. The fourth-order valence-electron chi connectivity index (χ4n) is 2.54. The SMILES string of the molecule is O=C(CSc1nncs1)Nc1cccc(S(=O)(=O)N2CCCCC2)c1. The summed E-state index contributed by atoms with van der Waals surface area (Å²) in [5.74, 6) is -0.0223. The summed E-state index contributed by atoms with van der Waals surface area (Å²) < 4.78 is 27.6. The van der Waals surface area contributed by atoms with Gasteiger partial charge in [-0.25, -0.2) is 8.42 Å². The van der Waals surface area contributed by atoms with E-state index in [1.165, 1.54) is 33.5 Å². The average Bonchev–Trinajstić information content (AvgIpc) is 3.14. The predicted octanol–water partition coefficient (Wildman–Crippen LogP) is 2.44. The molecular weight excluding hydrogens is 380 g/mol. The van der Waals surface area contributed by atoms with E-state index in [9.17, 15) is 13.2 Å². The second kappa shape index (κ2) is 8.26. The predicted molar refractivity (Wildman–Crippen MR) is 98.3 cm³/mol. The first kappa shape index (κ1) is 18.3. The third-order valence-corrected chi connectivity index (χ3v) is 7.49. The molecule has 1 aliphatic rings. The molecule has 1 fully saturated rings. The van der Waals surface area contributed by atoms with Crippen molar-refractivity contribution in [3.63, 3.8) is 0 Å². The quantitative estimate of drug-likeness (QED) is 0.752. The highest BCUT2D eigenvalue weighted by atomic mass is 32.2. The van der Waals surface area contributed by atoms with Gasteiger partial charge in [-0.05, 0) is 31.0 Å². The number of carbonyl (C=O) groups excluding carboxylic acids is 1. The number of carbonyl (C=O) groups is 1. The van der Waals surface area contributed by atoms with Crippen molar-refractivity contribution < 1.29 is 13.2 Å². The van der Waals surface area contributed by atoms with Crippen LogP contribution in [-0.4, -0.2) is 47.7 Å². The molecule has 2 heterocycles. The summed E-state index contributed by atoms with van der Waals surface area (Å²) in [5.41, 5.74) is 2.08. The van der Waals surface area contributed by atoms with Crippen molar-refractivity contribution in [1.29, 1.82) is 0 Å². The number of benzene rings is 1. The highest BCUT2D eigenvalue weighted by molar-refractivity contribution is 8.01. The van der Waals surface area contributed by atoms with Crippen LogP contribution in [0, 0.1) is 0 Å². The van der Waals surface area contributed by atoms with Gasteiger partial charge in [-0.2, -0.15) is 4.31 Å². The van der Waals surface area contributed by atoms with Crippen molar-refractivity contribution in [2.24, 2.45) is 0 Å². The largest absolute Gasteiger partial charge is 0.325 e. The van der Waals surface area contributed by atoms with E-state index < -0.39 is 10.0 Å². The third kappa shape index (κ3) is 4.78. The lowest BCUT2D eigenvalue weighted by Crippen LogP contribution is -2.35. The van der Waals surface area contributed by atoms with Gasteiger partial charge in [0.25, 0.3) is 0 Å². The van der Waals surface area contributed by atoms with Gasteiger partial charge in [0.2, 0.25) is 15.9 Å². The fraction of sp³-hybridized carbons (Fsp3) is 0.400. The zero-order valence-electron chi connectivity index (χ0n) is 13.4. The molecule has 0 spiro atoms. The van der Waals surface area contributed by atoms with Gasteiger partial charge in [-0.3, -0.25) is 4.79 Å². The number of hydrogen-bond donors (Lipinski definition) is 1. The minimum Gasteiger partial charge on any atom is -0.325 e. The van der Waals surface area contributed by atoms with Crippen LogP contribution in [0.4, 0.5) is 5.69 Å². The molecule has 0 bridgehead atoms. The molecule has 0 unspecified atom stereocenters. The highest BCUT2D eigenvalue weighted by Gasteiger charge is 2.26. The van der Waals surface area contributed by atoms with E-state index in [0.717, 1.165) is 23.6 Å². The van der Waals surface area contributed by atoms with Crippen LogP contribution in [0.1, 0.15) is 19.3 Å². The maximum atomic E-state index is 12.7. The maximum Gasteiger partial charge on any atom is 0.243 e. The molecule has 134 valence electrons. The molecule has 1 N–H and O–H groups in total. The van der Waals surface area contributed by atoms with E-state index in [2.05, 4.69) is 15.5 Å². The first-order chi connectivity index (χ1) is 12.1. The average molecular weight is 399 g/mol. The van der Waals surface area contributed by atoms with Crippen molar-refractivity contribution >= 4 is 44.7 Å². The molecule has 0 saturated carbocycles. The van der Waals surface area contributed by atoms with E-state index in [0.29, 0.717) is 18.8 Å². The van der Waals surface area contributed by atoms with Crippen LogP contribution in [0.2, 0.25) is 0 Å². The number of hydrogen-bond acceptors (Lipinski definition) is 7. The fourth-order valence-corrected chi connectivity index (χ4v) is 5.39. The van der Waals surface area contributed by atoms with E-state index >= 15 is 0 Å². The second-order valence-corrected chi connectivity index (χ2v) is 9.53. The zero-order chi connectivity index (χ0) is 17.7. The Morgan fingerprint density at radius 3 is 2.80 bits per heavy atom. The molecule has 25 heavy (non-hydrogen) atoms. The molecule has 10 heteroatoms. The molecule has 2 aromatic rings. The standard InChI is InChI=1S/C15H18N4O3S3/c20-14(10-23-15-18-16-11-24-15)17-12-5-4-6-13(9-12)25(21,22)19-7-2-1-3-8-19/h4-6,9,11H,1-3,7-8,10H2,(H,17,20). The number of amides is 1. The zero-order valence-corrected chi connectivity index (χ0v) is 15.9. The number of nitrogens with zero attached hydrogens (tertiary/aromatic N) is 3. The summed E-state index contributed by atoms with van der Waals surface area (Å²) in [7, 11) is -3.51. The van der Waals surface area contributed by atoms with Gasteiger partial charge in [-0.1, -0.05) is 35.6 Å². The van der Waals surface area contributed by atoms with Crippen LogP contribution in [0.5, 0.6) is 0 Å². The highest BCUT2D eigenvalue weighted by Crippen LogP contribution is 2.23. The van der Waals surface area contributed by atoms with Crippen molar-refractivity contribution in [3.05, 3.63) is 29.8 Å². The van der Waals surface area contributed by atoms with Crippen LogP contribution in [-0.2, 0) is 14.8 Å².